The quantitative estimate of drug-likeness (QED) is 0.412. The zero-order chi connectivity index (χ0) is 19.9. The first-order valence-electron chi connectivity index (χ1n) is 10.0. The van der Waals surface area contributed by atoms with E-state index in [1.165, 1.54) is 27.6 Å². The van der Waals surface area contributed by atoms with E-state index in [1.54, 1.807) is 0 Å². The fourth-order valence-electron chi connectivity index (χ4n) is 3.71. The summed E-state index contributed by atoms with van der Waals surface area (Å²) in [6.07, 6.45) is 9.10. The summed E-state index contributed by atoms with van der Waals surface area (Å²) in [7, 11) is 0. The van der Waals surface area contributed by atoms with Crippen LogP contribution in [0.2, 0.25) is 0 Å². The molecule has 2 aromatic heterocycles. The Labute approximate surface area is 171 Å². The smallest absolute Gasteiger partial charge is 0.0991 e. The van der Waals surface area contributed by atoms with Gasteiger partial charge in [-0.2, -0.15) is 5.26 Å². The Morgan fingerprint density at radius 2 is 1.90 bits per heavy atom. The summed E-state index contributed by atoms with van der Waals surface area (Å²) in [4.78, 5) is 7.60. The topological polar surface area (TPSA) is 64.5 Å². The molecule has 0 aliphatic rings. The number of hydrogen-bond acceptors (Lipinski definition) is 3. The van der Waals surface area contributed by atoms with E-state index in [4.69, 9.17) is 5.26 Å². The van der Waals surface area contributed by atoms with Crippen molar-refractivity contribution in [1.82, 2.24) is 15.3 Å². The van der Waals surface area contributed by atoms with E-state index in [-0.39, 0.29) is 0 Å². The third kappa shape index (κ3) is 4.53. The number of pyridine rings is 1. The molecular formula is C25H24N4. The normalized spacial score (nSPS) is 10.9. The minimum atomic E-state index is 0.714. The first-order valence-corrected chi connectivity index (χ1v) is 10.0. The standard InChI is InChI=1S/C25H24N4/c26-15-19-9-10-25-24(14-19)21(18-29-25)8-4-5-12-27-16-22-17-28-13-11-23(22)20-6-2-1-3-7-20/h1-3,6-7,9-11,13-14,17-18,27,29H,4-5,8,12,16H2. The van der Waals surface area contributed by atoms with Gasteiger partial charge in [-0.05, 0) is 72.3 Å². The van der Waals surface area contributed by atoms with Crippen molar-refractivity contribution in [3.05, 3.63) is 89.9 Å². The molecule has 0 fully saturated rings. The predicted octanol–water partition coefficient (Wildman–Crippen LogP) is 5.21. The Hall–Kier alpha value is -3.42. The minimum absolute atomic E-state index is 0.714. The molecule has 144 valence electrons. The fourth-order valence-corrected chi connectivity index (χ4v) is 3.71. The lowest BCUT2D eigenvalue weighted by atomic mass is 10.0. The Morgan fingerprint density at radius 3 is 2.76 bits per heavy atom. The molecule has 2 aromatic carbocycles. The van der Waals surface area contributed by atoms with Crippen LogP contribution in [0.25, 0.3) is 22.0 Å². The average Bonchev–Trinajstić information content (AvgIpc) is 3.19. The fraction of sp³-hybridized carbons (Fsp3) is 0.200. The summed E-state index contributed by atoms with van der Waals surface area (Å²) in [5, 5.41) is 13.8. The Bertz CT molecular complexity index is 1120. The lowest BCUT2D eigenvalue weighted by Gasteiger charge is -2.10. The molecule has 4 heteroatoms. The monoisotopic (exact) mass is 380 g/mol. The summed E-state index contributed by atoms with van der Waals surface area (Å²) in [5.74, 6) is 0. The van der Waals surface area contributed by atoms with Gasteiger partial charge in [-0.3, -0.25) is 4.98 Å². The van der Waals surface area contributed by atoms with Crippen LogP contribution in [0.3, 0.4) is 0 Å². The average molecular weight is 380 g/mol. The maximum absolute atomic E-state index is 9.11. The maximum atomic E-state index is 9.11. The highest BCUT2D eigenvalue weighted by atomic mass is 14.8. The van der Waals surface area contributed by atoms with Crippen molar-refractivity contribution >= 4 is 10.9 Å². The van der Waals surface area contributed by atoms with E-state index in [9.17, 15) is 0 Å². The zero-order valence-corrected chi connectivity index (χ0v) is 16.4. The molecule has 0 radical (unpaired) electrons. The van der Waals surface area contributed by atoms with Crippen molar-refractivity contribution in [1.29, 1.82) is 5.26 Å². The largest absolute Gasteiger partial charge is 0.361 e. The Kier molecular flexibility index (Phi) is 5.99. The molecule has 4 rings (SSSR count). The summed E-state index contributed by atoms with van der Waals surface area (Å²) < 4.78 is 0. The number of aromatic amines is 1. The molecule has 0 aliphatic carbocycles. The molecule has 2 heterocycles. The van der Waals surface area contributed by atoms with Gasteiger partial charge in [-0.1, -0.05) is 30.3 Å². The van der Waals surface area contributed by atoms with Gasteiger partial charge < -0.3 is 10.3 Å². The highest BCUT2D eigenvalue weighted by molar-refractivity contribution is 5.84. The molecule has 0 spiro atoms. The number of fused-ring (bicyclic) bond motifs is 1. The Balaban J connectivity index is 1.28. The highest BCUT2D eigenvalue weighted by Crippen LogP contribution is 2.23. The number of aryl methyl sites for hydroxylation is 1. The summed E-state index contributed by atoms with van der Waals surface area (Å²) in [6, 6.07) is 20.6. The van der Waals surface area contributed by atoms with Crippen LogP contribution in [-0.4, -0.2) is 16.5 Å². The molecule has 0 saturated carbocycles. The minimum Gasteiger partial charge on any atom is -0.361 e. The van der Waals surface area contributed by atoms with Gasteiger partial charge in [0.1, 0.15) is 0 Å². The van der Waals surface area contributed by atoms with Gasteiger partial charge in [0, 0.05) is 36.0 Å². The number of nitriles is 1. The lowest BCUT2D eigenvalue weighted by molar-refractivity contribution is 0.623. The van der Waals surface area contributed by atoms with Gasteiger partial charge in [0.25, 0.3) is 0 Å². The summed E-state index contributed by atoms with van der Waals surface area (Å²) in [6.45, 7) is 1.78. The van der Waals surface area contributed by atoms with Gasteiger partial charge in [0.2, 0.25) is 0 Å². The molecule has 4 nitrogen and oxygen atoms in total. The van der Waals surface area contributed by atoms with E-state index in [1.807, 2.05) is 36.7 Å². The first-order chi connectivity index (χ1) is 14.3. The maximum Gasteiger partial charge on any atom is 0.0991 e. The number of benzene rings is 2. The van der Waals surface area contributed by atoms with Crippen LogP contribution in [0.15, 0.2) is 73.2 Å². The second kappa shape index (κ2) is 9.18. The van der Waals surface area contributed by atoms with E-state index in [0.717, 1.165) is 37.9 Å². The van der Waals surface area contributed by atoms with Crippen molar-refractivity contribution in [2.45, 2.75) is 25.8 Å². The van der Waals surface area contributed by atoms with E-state index in [0.29, 0.717) is 5.56 Å². The number of unbranched alkanes of at least 4 members (excludes halogenated alkanes) is 1. The number of nitrogens with zero attached hydrogens (tertiary/aromatic N) is 2. The van der Waals surface area contributed by atoms with Gasteiger partial charge in [0.05, 0.1) is 11.6 Å². The second-order valence-electron chi connectivity index (χ2n) is 7.22. The molecule has 0 bridgehead atoms. The van der Waals surface area contributed by atoms with Crippen LogP contribution in [0, 0.1) is 11.3 Å². The van der Waals surface area contributed by atoms with Gasteiger partial charge >= 0.3 is 0 Å². The molecule has 0 amide bonds. The van der Waals surface area contributed by atoms with Crippen LogP contribution in [-0.2, 0) is 13.0 Å². The molecule has 2 N–H and O–H groups in total. The number of aromatic nitrogens is 2. The van der Waals surface area contributed by atoms with Gasteiger partial charge in [-0.25, -0.2) is 0 Å². The number of rotatable bonds is 8. The van der Waals surface area contributed by atoms with Crippen LogP contribution < -0.4 is 5.32 Å². The van der Waals surface area contributed by atoms with E-state index in [2.05, 4.69) is 57.9 Å². The highest BCUT2D eigenvalue weighted by Gasteiger charge is 2.06. The van der Waals surface area contributed by atoms with Crippen LogP contribution in [0.1, 0.15) is 29.5 Å². The third-order valence-electron chi connectivity index (χ3n) is 5.25. The molecule has 0 saturated heterocycles. The van der Waals surface area contributed by atoms with Crippen molar-refractivity contribution in [2.75, 3.05) is 6.54 Å². The molecule has 0 unspecified atom stereocenters. The van der Waals surface area contributed by atoms with Crippen LogP contribution >= 0.6 is 0 Å². The Morgan fingerprint density at radius 1 is 1.00 bits per heavy atom. The molecule has 29 heavy (non-hydrogen) atoms. The van der Waals surface area contributed by atoms with Crippen molar-refractivity contribution in [2.24, 2.45) is 0 Å². The first kappa shape index (κ1) is 18.9. The number of nitrogens with one attached hydrogen (secondary N) is 2. The second-order valence-corrected chi connectivity index (χ2v) is 7.22. The van der Waals surface area contributed by atoms with Gasteiger partial charge in [0.15, 0.2) is 0 Å². The van der Waals surface area contributed by atoms with Crippen molar-refractivity contribution in [3.63, 3.8) is 0 Å². The molecule has 0 atom stereocenters. The molecule has 0 aliphatic heterocycles. The van der Waals surface area contributed by atoms with E-state index < -0.39 is 0 Å². The van der Waals surface area contributed by atoms with Crippen LogP contribution in [0.5, 0.6) is 0 Å². The zero-order valence-electron chi connectivity index (χ0n) is 16.4. The van der Waals surface area contributed by atoms with Crippen molar-refractivity contribution in [3.8, 4) is 17.2 Å². The van der Waals surface area contributed by atoms with Crippen molar-refractivity contribution < 1.29 is 0 Å². The lowest BCUT2D eigenvalue weighted by Crippen LogP contribution is -2.15. The summed E-state index contributed by atoms with van der Waals surface area (Å²) >= 11 is 0. The SMILES string of the molecule is N#Cc1ccc2[nH]cc(CCCCNCc3cnccc3-c3ccccc3)c2c1. The number of hydrogen-bond donors (Lipinski definition) is 2. The van der Waals surface area contributed by atoms with Crippen LogP contribution in [0.4, 0.5) is 0 Å². The van der Waals surface area contributed by atoms with Gasteiger partial charge in [-0.15, -0.1) is 0 Å². The van der Waals surface area contributed by atoms with E-state index >= 15 is 0 Å². The predicted molar refractivity (Wildman–Crippen MR) is 117 cm³/mol. The third-order valence-corrected chi connectivity index (χ3v) is 5.25. The molecule has 4 aromatic rings. The summed E-state index contributed by atoms with van der Waals surface area (Å²) in [5.41, 5.74) is 6.78. The molecular weight excluding hydrogens is 356 g/mol. The number of H-pyrrole nitrogens is 1.